The molecule has 3 aromatic rings. The summed E-state index contributed by atoms with van der Waals surface area (Å²) in [5.41, 5.74) is 2.34. The first-order valence-corrected chi connectivity index (χ1v) is 8.51. The number of nitrogens with one attached hydrogen (secondary N) is 1. The molecule has 128 valence electrons. The van der Waals surface area contributed by atoms with Crippen LogP contribution in [0, 0.1) is 5.82 Å². The van der Waals surface area contributed by atoms with Crippen molar-refractivity contribution < 1.29 is 9.18 Å². The Morgan fingerprint density at radius 3 is 2.84 bits per heavy atom. The van der Waals surface area contributed by atoms with Crippen molar-refractivity contribution in [1.29, 1.82) is 0 Å². The molecule has 2 aromatic heterocycles. The van der Waals surface area contributed by atoms with E-state index in [2.05, 4.69) is 15.4 Å². The van der Waals surface area contributed by atoms with Gasteiger partial charge in [0, 0.05) is 18.7 Å². The van der Waals surface area contributed by atoms with Crippen LogP contribution in [0.25, 0.3) is 22.3 Å². The second-order valence-electron chi connectivity index (χ2n) is 6.53. The van der Waals surface area contributed by atoms with Crippen molar-refractivity contribution in [2.24, 2.45) is 7.05 Å². The fourth-order valence-corrected chi connectivity index (χ4v) is 3.43. The zero-order chi connectivity index (χ0) is 17.4. The number of carbonyl (C=O) groups is 1. The third-order valence-electron chi connectivity index (χ3n) is 4.76. The molecule has 5 nitrogen and oxygen atoms in total. The third kappa shape index (κ3) is 2.99. The summed E-state index contributed by atoms with van der Waals surface area (Å²) in [6.07, 6.45) is 5.99. The molecule has 0 aliphatic heterocycles. The van der Waals surface area contributed by atoms with E-state index in [1.165, 1.54) is 12.1 Å². The van der Waals surface area contributed by atoms with Gasteiger partial charge in [-0.15, -0.1) is 0 Å². The second-order valence-corrected chi connectivity index (χ2v) is 6.53. The first-order chi connectivity index (χ1) is 12.1. The van der Waals surface area contributed by atoms with Crippen molar-refractivity contribution in [3.63, 3.8) is 0 Å². The fourth-order valence-electron chi connectivity index (χ4n) is 3.43. The number of rotatable bonds is 3. The van der Waals surface area contributed by atoms with Gasteiger partial charge in [-0.25, -0.2) is 9.37 Å². The van der Waals surface area contributed by atoms with Crippen LogP contribution in [-0.4, -0.2) is 26.7 Å². The molecule has 1 aromatic carbocycles. The Morgan fingerprint density at radius 1 is 1.28 bits per heavy atom. The number of halogens is 1. The van der Waals surface area contributed by atoms with E-state index < -0.39 is 0 Å². The molecule has 1 N–H and O–H groups in total. The summed E-state index contributed by atoms with van der Waals surface area (Å²) in [7, 11) is 1.78. The van der Waals surface area contributed by atoms with Crippen LogP contribution in [-0.2, 0) is 7.05 Å². The van der Waals surface area contributed by atoms with Crippen LogP contribution in [0.3, 0.4) is 0 Å². The minimum absolute atomic E-state index is 0.120. The zero-order valence-corrected chi connectivity index (χ0v) is 14.0. The van der Waals surface area contributed by atoms with Gasteiger partial charge in [-0.05, 0) is 31.0 Å². The monoisotopic (exact) mass is 338 g/mol. The second kappa shape index (κ2) is 6.27. The highest BCUT2D eigenvalue weighted by Gasteiger charge is 2.21. The van der Waals surface area contributed by atoms with Crippen molar-refractivity contribution in [2.75, 3.05) is 0 Å². The summed E-state index contributed by atoms with van der Waals surface area (Å²) in [5.74, 6) is -0.452. The minimum atomic E-state index is -0.332. The number of aryl methyl sites for hydroxylation is 1. The van der Waals surface area contributed by atoms with Gasteiger partial charge in [-0.3, -0.25) is 9.48 Å². The lowest BCUT2D eigenvalue weighted by Gasteiger charge is -2.13. The molecular formula is C19H19FN4O. The van der Waals surface area contributed by atoms with E-state index in [1.807, 2.05) is 0 Å². The number of amides is 1. The molecule has 25 heavy (non-hydrogen) atoms. The third-order valence-corrected chi connectivity index (χ3v) is 4.76. The van der Waals surface area contributed by atoms with Gasteiger partial charge < -0.3 is 5.32 Å². The van der Waals surface area contributed by atoms with Crippen molar-refractivity contribution >= 4 is 16.9 Å². The number of nitrogens with zero attached hydrogens (tertiary/aromatic N) is 3. The summed E-state index contributed by atoms with van der Waals surface area (Å²) >= 11 is 0. The maximum absolute atomic E-state index is 13.6. The highest BCUT2D eigenvalue weighted by molar-refractivity contribution is 6.06. The average molecular weight is 338 g/mol. The predicted molar refractivity (Wildman–Crippen MR) is 93.6 cm³/mol. The number of carbonyl (C=O) groups excluding carboxylic acids is 1. The number of benzene rings is 1. The van der Waals surface area contributed by atoms with E-state index in [1.54, 1.807) is 36.1 Å². The molecule has 4 rings (SSSR count). The van der Waals surface area contributed by atoms with Gasteiger partial charge in [0.1, 0.15) is 5.82 Å². The fraction of sp³-hybridized carbons (Fsp3) is 0.316. The largest absolute Gasteiger partial charge is 0.349 e. The quantitative estimate of drug-likeness (QED) is 0.796. The molecule has 0 unspecified atom stereocenters. The molecule has 0 spiro atoms. The average Bonchev–Trinajstić information content (AvgIpc) is 3.24. The van der Waals surface area contributed by atoms with Crippen molar-refractivity contribution in [3.8, 4) is 11.3 Å². The summed E-state index contributed by atoms with van der Waals surface area (Å²) in [4.78, 5) is 17.4. The molecular weight excluding hydrogens is 319 g/mol. The van der Waals surface area contributed by atoms with Crippen LogP contribution < -0.4 is 5.32 Å². The van der Waals surface area contributed by atoms with E-state index in [0.29, 0.717) is 27.9 Å². The molecule has 0 bridgehead atoms. The van der Waals surface area contributed by atoms with E-state index in [4.69, 9.17) is 0 Å². The van der Waals surface area contributed by atoms with Crippen LogP contribution >= 0.6 is 0 Å². The smallest absolute Gasteiger partial charge is 0.252 e. The minimum Gasteiger partial charge on any atom is -0.349 e. The molecule has 0 radical (unpaired) electrons. The molecule has 2 heterocycles. The first-order valence-electron chi connectivity index (χ1n) is 8.51. The standard InChI is InChI=1S/C19H19FN4O/c1-24-18-16(11-21-24)15(19(25)22-14-7-2-3-8-14)10-17(23-18)12-5-4-6-13(20)9-12/h4-6,9-11,14H,2-3,7-8H2,1H3,(H,22,25). The Morgan fingerprint density at radius 2 is 2.08 bits per heavy atom. The number of hydrogen-bond donors (Lipinski definition) is 1. The first kappa shape index (κ1) is 15.7. The Hall–Kier alpha value is -2.76. The van der Waals surface area contributed by atoms with Gasteiger partial charge in [-0.1, -0.05) is 25.0 Å². The van der Waals surface area contributed by atoms with Gasteiger partial charge in [0.05, 0.1) is 22.8 Å². The topological polar surface area (TPSA) is 59.8 Å². The molecule has 6 heteroatoms. The van der Waals surface area contributed by atoms with E-state index >= 15 is 0 Å². The molecule has 1 saturated carbocycles. The summed E-state index contributed by atoms with van der Waals surface area (Å²) in [6.45, 7) is 0. The molecule has 1 aliphatic carbocycles. The van der Waals surface area contributed by atoms with Gasteiger partial charge in [0.15, 0.2) is 5.65 Å². The molecule has 1 fully saturated rings. The summed E-state index contributed by atoms with van der Waals surface area (Å²) in [5, 5.41) is 8.04. The van der Waals surface area contributed by atoms with Gasteiger partial charge in [0.2, 0.25) is 0 Å². The Labute approximate surface area is 144 Å². The lowest BCUT2D eigenvalue weighted by Crippen LogP contribution is -2.32. The highest BCUT2D eigenvalue weighted by Crippen LogP contribution is 2.26. The van der Waals surface area contributed by atoms with Gasteiger partial charge in [-0.2, -0.15) is 5.10 Å². The van der Waals surface area contributed by atoms with Crippen molar-refractivity contribution in [1.82, 2.24) is 20.1 Å². The molecule has 0 saturated heterocycles. The van der Waals surface area contributed by atoms with Crippen LogP contribution in [0.2, 0.25) is 0 Å². The number of hydrogen-bond acceptors (Lipinski definition) is 3. The van der Waals surface area contributed by atoms with Crippen LogP contribution in [0.1, 0.15) is 36.0 Å². The van der Waals surface area contributed by atoms with Crippen molar-refractivity contribution in [2.45, 2.75) is 31.7 Å². The van der Waals surface area contributed by atoms with Gasteiger partial charge >= 0.3 is 0 Å². The highest BCUT2D eigenvalue weighted by atomic mass is 19.1. The Balaban J connectivity index is 1.80. The Bertz CT molecular complexity index is 944. The van der Waals surface area contributed by atoms with E-state index in [-0.39, 0.29) is 17.8 Å². The van der Waals surface area contributed by atoms with Gasteiger partial charge in [0.25, 0.3) is 5.91 Å². The predicted octanol–water partition coefficient (Wildman–Crippen LogP) is 3.45. The molecule has 1 aliphatic rings. The lowest BCUT2D eigenvalue weighted by molar-refractivity contribution is 0.0939. The number of aromatic nitrogens is 3. The normalized spacial score (nSPS) is 15.0. The van der Waals surface area contributed by atoms with Crippen LogP contribution in [0.5, 0.6) is 0 Å². The number of pyridine rings is 1. The molecule has 0 atom stereocenters. The number of fused-ring (bicyclic) bond motifs is 1. The van der Waals surface area contributed by atoms with E-state index in [0.717, 1.165) is 25.7 Å². The summed E-state index contributed by atoms with van der Waals surface area (Å²) < 4.78 is 15.2. The van der Waals surface area contributed by atoms with Crippen molar-refractivity contribution in [3.05, 3.63) is 47.9 Å². The van der Waals surface area contributed by atoms with E-state index in [9.17, 15) is 9.18 Å². The lowest BCUT2D eigenvalue weighted by atomic mass is 10.1. The zero-order valence-electron chi connectivity index (χ0n) is 14.0. The van der Waals surface area contributed by atoms with Crippen LogP contribution in [0.15, 0.2) is 36.5 Å². The Kier molecular flexibility index (Phi) is 3.95. The maximum Gasteiger partial charge on any atom is 0.252 e. The maximum atomic E-state index is 13.6. The van der Waals surface area contributed by atoms with Crippen LogP contribution in [0.4, 0.5) is 4.39 Å². The SMILES string of the molecule is Cn1ncc2c(C(=O)NC3CCCC3)cc(-c3cccc(F)c3)nc21. The molecule has 1 amide bonds. The summed E-state index contributed by atoms with van der Waals surface area (Å²) in [6, 6.07) is 8.18.